The van der Waals surface area contributed by atoms with Crippen molar-refractivity contribution in [2.45, 2.75) is 38.0 Å². The van der Waals surface area contributed by atoms with Gasteiger partial charge in [0.25, 0.3) is 0 Å². The van der Waals surface area contributed by atoms with Crippen LogP contribution in [0.25, 0.3) is 0 Å². The van der Waals surface area contributed by atoms with Gasteiger partial charge in [0, 0.05) is 12.5 Å². The Morgan fingerprint density at radius 3 is 2.40 bits per heavy atom. The minimum Gasteiger partial charge on any atom is -0.356 e. The number of nitrogens with two attached hydrogens (primary N) is 1. The molecule has 2 rings (SSSR count). The summed E-state index contributed by atoms with van der Waals surface area (Å²) in [6, 6.07) is 10.7. The fourth-order valence-corrected chi connectivity index (χ4v) is 2.87. The minimum atomic E-state index is 0. The van der Waals surface area contributed by atoms with E-state index >= 15 is 0 Å². The van der Waals surface area contributed by atoms with Crippen molar-refractivity contribution in [3.8, 4) is 0 Å². The highest BCUT2D eigenvalue weighted by Gasteiger charge is 2.26. The summed E-state index contributed by atoms with van der Waals surface area (Å²) in [5.74, 6) is 1.06. The first-order valence-corrected chi connectivity index (χ1v) is 7.34. The van der Waals surface area contributed by atoms with Crippen LogP contribution < -0.4 is 11.1 Å². The predicted octanol–water partition coefficient (Wildman–Crippen LogP) is 2.85. The van der Waals surface area contributed by atoms with Crippen molar-refractivity contribution in [1.29, 1.82) is 0 Å². The summed E-state index contributed by atoms with van der Waals surface area (Å²) in [6.07, 6.45) is 5.13. The molecule has 3 N–H and O–H groups in total. The number of hydrogen-bond acceptors (Lipinski definition) is 2. The number of amides is 1. The summed E-state index contributed by atoms with van der Waals surface area (Å²) in [5.41, 5.74) is 6.85. The molecule has 1 aliphatic rings. The Hall–Kier alpha value is -1.06. The van der Waals surface area contributed by atoms with E-state index in [1.54, 1.807) is 0 Å². The fraction of sp³-hybridized carbons (Fsp3) is 0.562. The molecule has 1 amide bonds. The summed E-state index contributed by atoms with van der Waals surface area (Å²) in [7, 11) is 0. The largest absolute Gasteiger partial charge is 0.356 e. The van der Waals surface area contributed by atoms with Crippen LogP contribution in [0, 0.1) is 5.92 Å². The molecule has 1 fully saturated rings. The normalized spacial score (nSPS) is 21.9. The van der Waals surface area contributed by atoms with Crippen molar-refractivity contribution in [1.82, 2.24) is 5.32 Å². The third kappa shape index (κ3) is 4.80. The summed E-state index contributed by atoms with van der Waals surface area (Å²) >= 11 is 0. The SMILES string of the molecule is Cl.NCCCNC(=O)C1CCC(c2ccccc2)CC1. The zero-order chi connectivity index (χ0) is 13.5. The zero-order valence-corrected chi connectivity index (χ0v) is 12.7. The lowest BCUT2D eigenvalue weighted by molar-refractivity contribution is -0.126. The van der Waals surface area contributed by atoms with E-state index in [9.17, 15) is 4.79 Å². The molecule has 0 bridgehead atoms. The summed E-state index contributed by atoms with van der Waals surface area (Å²) in [5, 5.41) is 2.99. The van der Waals surface area contributed by atoms with Gasteiger partial charge in [-0.05, 0) is 50.1 Å². The lowest BCUT2D eigenvalue weighted by Gasteiger charge is -2.28. The van der Waals surface area contributed by atoms with Gasteiger partial charge in [0.2, 0.25) is 5.91 Å². The first-order chi connectivity index (χ1) is 9.31. The van der Waals surface area contributed by atoms with Crippen LogP contribution >= 0.6 is 12.4 Å². The van der Waals surface area contributed by atoms with Crippen molar-refractivity contribution in [3.05, 3.63) is 35.9 Å². The van der Waals surface area contributed by atoms with Crippen LogP contribution in [0.3, 0.4) is 0 Å². The highest BCUT2D eigenvalue weighted by atomic mass is 35.5. The van der Waals surface area contributed by atoms with Gasteiger partial charge in [-0.2, -0.15) is 0 Å². The molecule has 0 radical (unpaired) electrons. The number of benzene rings is 1. The monoisotopic (exact) mass is 296 g/mol. The molecule has 112 valence electrons. The molecule has 0 spiro atoms. The number of carbonyl (C=O) groups excluding carboxylic acids is 1. The molecule has 0 atom stereocenters. The summed E-state index contributed by atoms with van der Waals surface area (Å²) in [4.78, 5) is 12.0. The molecule has 0 aromatic heterocycles. The Bertz CT molecular complexity index is 389. The highest BCUT2D eigenvalue weighted by Crippen LogP contribution is 2.35. The molecule has 1 aromatic rings. The van der Waals surface area contributed by atoms with E-state index in [1.807, 2.05) is 0 Å². The van der Waals surface area contributed by atoms with Crippen LogP contribution in [0.2, 0.25) is 0 Å². The standard InChI is InChI=1S/C16H24N2O.ClH/c17-11-4-12-18-16(19)15-9-7-14(8-10-15)13-5-2-1-3-6-13;/h1-3,5-6,14-15H,4,7-12,17H2,(H,18,19);1H. The minimum absolute atomic E-state index is 0. The van der Waals surface area contributed by atoms with E-state index in [1.165, 1.54) is 5.56 Å². The Morgan fingerprint density at radius 1 is 1.15 bits per heavy atom. The topological polar surface area (TPSA) is 55.1 Å². The molecule has 1 saturated carbocycles. The first-order valence-electron chi connectivity index (χ1n) is 7.34. The van der Waals surface area contributed by atoms with Gasteiger partial charge in [-0.3, -0.25) is 4.79 Å². The average Bonchev–Trinajstić information content (AvgIpc) is 2.48. The van der Waals surface area contributed by atoms with Crippen molar-refractivity contribution >= 4 is 18.3 Å². The number of rotatable bonds is 5. The third-order valence-corrected chi connectivity index (χ3v) is 4.05. The second-order valence-electron chi connectivity index (χ2n) is 5.39. The first kappa shape index (κ1) is 17.0. The van der Waals surface area contributed by atoms with E-state index in [0.29, 0.717) is 19.0 Å². The van der Waals surface area contributed by atoms with Gasteiger partial charge >= 0.3 is 0 Å². The van der Waals surface area contributed by atoms with Gasteiger partial charge in [0.05, 0.1) is 0 Å². The average molecular weight is 297 g/mol. The Kier molecular flexibility index (Phi) is 7.63. The second-order valence-corrected chi connectivity index (χ2v) is 5.39. The lowest BCUT2D eigenvalue weighted by atomic mass is 9.78. The number of carbonyl (C=O) groups is 1. The molecule has 20 heavy (non-hydrogen) atoms. The molecule has 1 aromatic carbocycles. The lowest BCUT2D eigenvalue weighted by Crippen LogP contribution is -2.34. The van der Waals surface area contributed by atoms with Gasteiger partial charge in [0.15, 0.2) is 0 Å². The molecule has 3 nitrogen and oxygen atoms in total. The van der Waals surface area contributed by atoms with Crippen LogP contribution in [0.4, 0.5) is 0 Å². The van der Waals surface area contributed by atoms with E-state index in [0.717, 1.165) is 32.1 Å². The molecular weight excluding hydrogens is 272 g/mol. The molecular formula is C16H25ClN2O. The van der Waals surface area contributed by atoms with Crippen molar-refractivity contribution < 1.29 is 4.79 Å². The van der Waals surface area contributed by atoms with E-state index in [4.69, 9.17) is 5.73 Å². The van der Waals surface area contributed by atoms with Crippen LogP contribution in [0.1, 0.15) is 43.6 Å². The summed E-state index contributed by atoms with van der Waals surface area (Å²) in [6.45, 7) is 1.36. The van der Waals surface area contributed by atoms with Gasteiger partial charge < -0.3 is 11.1 Å². The molecule has 4 heteroatoms. The Morgan fingerprint density at radius 2 is 1.80 bits per heavy atom. The molecule has 0 heterocycles. The zero-order valence-electron chi connectivity index (χ0n) is 11.9. The van der Waals surface area contributed by atoms with E-state index < -0.39 is 0 Å². The number of halogens is 1. The molecule has 0 aliphatic heterocycles. The van der Waals surface area contributed by atoms with Crippen molar-refractivity contribution in [2.75, 3.05) is 13.1 Å². The molecule has 0 unspecified atom stereocenters. The molecule has 0 saturated heterocycles. The van der Waals surface area contributed by atoms with E-state index in [2.05, 4.69) is 35.6 Å². The maximum Gasteiger partial charge on any atom is 0.223 e. The predicted molar refractivity (Wildman–Crippen MR) is 85.1 cm³/mol. The summed E-state index contributed by atoms with van der Waals surface area (Å²) < 4.78 is 0. The van der Waals surface area contributed by atoms with Gasteiger partial charge in [0.1, 0.15) is 0 Å². The van der Waals surface area contributed by atoms with Crippen LogP contribution in [-0.2, 0) is 4.79 Å². The smallest absolute Gasteiger partial charge is 0.223 e. The third-order valence-electron chi connectivity index (χ3n) is 4.05. The second kappa shape index (κ2) is 8.98. The van der Waals surface area contributed by atoms with Crippen molar-refractivity contribution in [3.63, 3.8) is 0 Å². The quantitative estimate of drug-likeness (QED) is 0.821. The Balaban J connectivity index is 0.00000200. The van der Waals surface area contributed by atoms with E-state index in [-0.39, 0.29) is 24.2 Å². The van der Waals surface area contributed by atoms with Crippen molar-refractivity contribution in [2.24, 2.45) is 11.7 Å². The van der Waals surface area contributed by atoms with Gasteiger partial charge in [-0.15, -0.1) is 12.4 Å². The number of hydrogen-bond donors (Lipinski definition) is 2. The van der Waals surface area contributed by atoms with Crippen LogP contribution in [0.15, 0.2) is 30.3 Å². The Labute approximate surface area is 127 Å². The number of nitrogens with one attached hydrogen (secondary N) is 1. The van der Waals surface area contributed by atoms with Crippen LogP contribution in [-0.4, -0.2) is 19.0 Å². The molecule has 1 aliphatic carbocycles. The maximum atomic E-state index is 12.0. The highest BCUT2D eigenvalue weighted by molar-refractivity contribution is 5.85. The van der Waals surface area contributed by atoms with Gasteiger partial charge in [-0.1, -0.05) is 30.3 Å². The van der Waals surface area contributed by atoms with Gasteiger partial charge in [-0.25, -0.2) is 0 Å². The van der Waals surface area contributed by atoms with Crippen LogP contribution in [0.5, 0.6) is 0 Å². The fourth-order valence-electron chi connectivity index (χ4n) is 2.87. The maximum absolute atomic E-state index is 12.0.